The highest BCUT2D eigenvalue weighted by Gasteiger charge is 2.47. The number of nitrogens with zero attached hydrogens (tertiary/aromatic N) is 3. The number of ether oxygens (including phenoxy) is 2. The van der Waals surface area contributed by atoms with Crippen LogP contribution in [-0.2, 0) is 21.7 Å². The molecular formula is C41H41N3O5. The van der Waals surface area contributed by atoms with Gasteiger partial charge in [0, 0.05) is 36.3 Å². The molecule has 4 heterocycles. The molecule has 1 unspecified atom stereocenters. The summed E-state index contributed by atoms with van der Waals surface area (Å²) in [6.07, 6.45) is 4.90. The maximum absolute atomic E-state index is 15.2. The Morgan fingerprint density at radius 2 is 1.61 bits per heavy atom. The molecule has 0 aliphatic carbocycles. The summed E-state index contributed by atoms with van der Waals surface area (Å²) in [6.45, 7) is 3.42. The minimum absolute atomic E-state index is 0.0796. The van der Waals surface area contributed by atoms with Crippen molar-refractivity contribution in [1.29, 1.82) is 0 Å². The summed E-state index contributed by atoms with van der Waals surface area (Å²) in [7, 11) is 1.65. The minimum atomic E-state index is -0.604. The Kier molecular flexibility index (Phi) is 8.22. The zero-order valence-electron chi connectivity index (χ0n) is 27.8. The van der Waals surface area contributed by atoms with Gasteiger partial charge >= 0.3 is 0 Å². The van der Waals surface area contributed by atoms with Gasteiger partial charge in [-0.3, -0.25) is 9.69 Å². The van der Waals surface area contributed by atoms with Crippen LogP contribution < -0.4 is 4.74 Å². The number of methoxy groups -OCH3 is 1. The maximum atomic E-state index is 15.2. The third-order valence-electron chi connectivity index (χ3n) is 10.7. The number of phenolic OH excluding ortho intramolecular Hbond substituents is 1. The summed E-state index contributed by atoms with van der Waals surface area (Å²) >= 11 is 0. The Morgan fingerprint density at radius 3 is 2.33 bits per heavy atom. The van der Waals surface area contributed by atoms with Crippen molar-refractivity contribution in [2.24, 2.45) is 0 Å². The van der Waals surface area contributed by atoms with Crippen LogP contribution in [-0.4, -0.2) is 65.0 Å². The van der Waals surface area contributed by atoms with Crippen molar-refractivity contribution >= 4 is 23.1 Å². The SMILES string of the molecule is COc1ccc(-c2c(C(=O)N3CCC4(CC3)OC(C=O)c3ccccc34)c3c(CN4CCCCC4)c(O)ccc3n2-c2ccccc2)cc1. The molecule has 0 radical (unpaired) electrons. The molecule has 8 rings (SSSR count). The van der Waals surface area contributed by atoms with Crippen molar-refractivity contribution in [2.75, 3.05) is 33.3 Å². The zero-order valence-corrected chi connectivity index (χ0v) is 27.8. The van der Waals surface area contributed by atoms with Gasteiger partial charge in [-0.1, -0.05) is 48.9 Å². The Bertz CT molecular complexity index is 2010. The molecule has 2 fully saturated rings. The number of rotatable bonds is 7. The number of aromatic hydroxyl groups is 1. The normalized spacial score (nSPS) is 18.9. The summed E-state index contributed by atoms with van der Waals surface area (Å²) in [5.41, 5.74) is 6.19. The third-order valence-corrected chi connectivity index (χ3v) is 10.7. The number of phenols is 1. The molecular weight excluding hydrogens is 614 g/mol. The topological polar surface area (TPSA) is 84.2 Å². The van der Waals surface area contributed by atoms with E-state index in [4.69, 9.17) is 9.47 Å². The van der Waals surface area contributed by atoms with E-state index in [2.05, 4.69) is 27.7 Å². The minimum Gasteiger partial charge on any atom is -0.508 e. The number of hydrogen-bond donors (Lipinski definition) is 1. The summed E-state index contributed by atoms with van der Waals surface area (Å²) in [5, 5.41) is 12.3. The van der Waals surface area contributed by atoms with E-state index in [1.54, 1.807) is 13.2 Å². The molecule has 1 aromatic heterocycles. The highest BCUT2D eigenvalue weighted by atomic mass is 16.5. The Morgan fingerprint density at radius 1 is 0.898 bits per heavy atom. The summed E-state index contributed by atoms with van der Waals surface area (Å²) in [6, 6.07) is 29.6. The van der Waals surface area contributed by atoms with Crippen molar-refractivity contribution in [3.05, 3.63) is 113 Å². The fraction of sp³-hybridized carbons (Fsp3) is 0.317. The fourth-order valence-corrected chi connectivity index (χ4v) is 8.26. The lowest BCUT2D eigenvalue weighted by Crippen LogP contribution is -2.45. The van der Waals surface area contributed by atoms with Gasteiger partial charge in [0.15, 0.2) is 6.29 Å². The Labute approximate surface area is 286 Å². The molecule has 0 bridgehead atoms. The van der Waals surface area contributed by atoms with E-state index in [0.717, 1.165) is 82.5 Å². The van der Waals surface area contributed by atoms with E-state index in [9.17, 15) is 9.90 Å². The average molecular weight is 656 g/mol. The molecule has 1 spiro atoms. The standard InChI is InChI=1S/C41H41N3O5/c1-48-30-16-14-28(15-17-30)39-38(40(47)43-24-20-41(21-25-43)33-13-7-6-12-31(33)36(27-45)49-41)37-32(26-42-22-8-3-9-23-42)35(46)19-18-34(37)44(39)29-10-4-2-5-11-29/h2,4-7,10-19,27,36,46H,3,8-9,20-26H2,1H3. The van der Waals surface area contributed by atoms with E-state index in [1.165, 1.54) is 6.42 Å². The van der Waals surface area contributed by atoms with Gasteiger partial charge in [0.2, 0.25) is 0 Å². The first-order valence-corrected chi connectivity index (χ1v) is 17.3. The lowest BCUT2D eigenvalue weighted by molar-refractivity contribution is -0.136. The lowest BCUT2D eigenvalue weighted by atomic mass is 9.83. The second-order valence-corrected chi connectivity index (χ2v) is 13.5. The van der Waals surface area contributed by atoms with Crippen LogP contribution in [0.2, 0.25) is 0 Å². The monoisotopic (exact) mass is 655 g/mol. The lowest BCUT2D eigenvalue weighted by Gasteiger charge is -2.39. The third kappa shape index (κ3) is 5.40. The van der Waals surface area contributed by atoms with Crippen LogP contribution >= 0.6 is 0 Å². The fourth-order valence-electron chi connectivity index (χ4n) is 8.26. The number of fused-ring (bicyclic) bond motifs is 3. The van der Waals surface area contributed by atoms with Crippen LogP contribution in [0.4, 0.5) is 0 Å². The van der Waals surface area contributed by atoms with Gasteiger partial charge in [-0.25, -0.2) is 0 Å². The number of benzene rings is 4. The van der Waals surface area contributed by atoms with Gasteiger partial charge in [-0.2, -0.15) is 0 Å². The zero-order chi connectivity index (χ0) is 33.5. The number of hydrogen-bond acceptors (Lipinski definition) is 6. The van der Waals surface area contributed by atoms with Crippen LogP contribution in [0.15, 0.2) is 91.0 Å². The second-order valence-electron chi connectivity index (χ2n) is 13.5. The van der Waals surface area contributed by atoms with E-state index in [1.807, 2.05) is 71.6 Å². The predicted molar refractivity (Wildman–Crippen MR) is 189 cm³/mol. The van der Waals surface area contributed by atoms with Gasteiger partial charge in [0.05, 0.1) is 29.5 Å². The summed E-state index contributed by atoms with van der Waals surface area (Å²) in [4.78, 5) is 31.5. The van der Waals surface area contributed by atoms with E-state index >= 15 is 4.79 Å². The molecule has 1 amide bonds. The first kappa shape index (κ1) is 31.4. The molecule has 8 nitrogen and oxygen atoms in total. The van der Waals surface area contributed by atoms with Crippen molar-refractivity contribution in [3.8, 4) is 28.4 Å². The molecule has 49 heavy (non-hydrogen) atoms. The van der Waals surface area contributed by atoms with Crippen molar-refractivity contribution < 1.29 is 24.2 Å². The number of piperidine rings is 2. The molecule has 4 aromatic carbocycles. The number of aromatic nitrogens is 1. The van der Waals surface area contributed by atoms with E-state index < -0.39 is 11.7 Å². The Hall–Kier alpha value is -4.92. The van der Waals surface area contributed by atoms with Gasteiger partial charge in [-0.05, 0) is 104 Å². The first-order chi connectivity index (χ1) is 24.0. The number of carbonyl (C=O) groups is 2. The van der Waals surface area contributed by atoms with Crippen LogP contribution in [0.5, 0.6) is 11.5 Å². The molecule has 1 N–H and O–H groups in total. The van der Waals surface area contributed by atoms with Crippen molar-refractivity contribution in [2.45, 2.75) is 50.4 Å². The number of aldehydes is 1. The van der Waals surface area contributed by atoms with Gasteiger partial charge in [0.1, 0.15) is 17.6 Å². The quantitative estimate of drug-likeness (QED) is 0.184. The number of likely N-dealkylation sites (tertiary alicyclic amines) is 2. The number of amides is 1. The molecule has 3 aliphatic rings. The van der Waals surface area contributed by atoms with Crippen LogP contribution in [0.1, 0.15) is 65.3 Å². The average Bonchev–Trinajstić information content (AvgIpc) is 3.67. The van der Waals surface area contributed by atoms with Crippen LogP contribution in [0.3, 0.4) is 0 Å². The molecule has 1 atom stereocenters. The van der Waals surface area contributed by atoms with Crippen LogP contribution in [0, 0.1) is 0 Å². The number of carbonyl (C=O) groups excluding carboxylic acids is 2. The predicted octanol–water partition coefficient (Wildman–Crippen LogP) is 7.40. The molecule has 5 aromatic rings. The molecule has 250 valence electrons. The molecule has 2 saturated heterocycles. The maximum Gasteiger partial charge on any atom is 0.256 e. The highest BCUT2D eigenvalue weighted by molar-refractivity contribution is 6.15. The smallest absolute Gasteiger partial charge is 0.256 e. The molecule has 0 saturated carbocycles. The summed E-state index contributed by atoms with van der Waals surface area (Å²) in [5.74, 6) is 0.852. The largest absolute Gasteiger partial charge is 0.508 e. The molecule has 3 aliphatic heterocycles. The Balaban J connectivity index is 1.29. The highest BCUT2D eigenvalue weighted by Crippen LogP contribution is 2.49. The van der Waals surface area contributed by atoms with Crippen molar-refractivity contribution in [1.82, 2.24) is 14.4 Å². The van der Waals surface area contributed by atoms with Gasteiger partial charge in [-0.15, -0.1) is 0 Å². The summed E-state index contributed by atoms with van der Waals surface area (Å²) < 4.78 is 14.1. The second kappa shape index (κ2) is 12.8. The van der Waals surface area contributed by atoms with Crippen molar-refractivity contribution in [3.63, 3.8) is 0 Å². The van der Waals surface area contributed by atoms with E-state index in [0.29, 0.717) is 38.0 Å². The van der Waals surface area contributed by atoms with Crippen LogP contribution in [0.25, 0.3) is 27.8 Å². The van der Waals surface area contributed by atoms with E-state index in [-0.39, 0.29) is 11.7 Å². The first-order valence-electron chi connectivity index (χ1n) is 17.3. The van der Waals surface area contributed by atoms with Gasteiger partial charge < -0.3 is 28.8 Å². The number of para-hydroxylation sites is 1. The van der Waals surface area contributed by atoms with Gasteiger partial charge in [0.25, 0.3) is 5.91 Å². The molecule has 8 heteroatoms.